The van der Waals surface area contributed by atoms with Crippen molar-refractivity contribution in [3.63, 3.8) is 0 Å². The first-order chi connectivity index (χ1) is 16.8. The van der Waals surface area contributed by atoms with Gasteiger partial charge in [-0.15, -0.1) is 0 Å². The van der Waals surface area contributed by atoms with Crippen molar-refractivity contribution >= 4 is 33.4 Å². The number of carbonyl (C=O) groups is 1. The quantitative estimate of drug-likeness (QED) is 0.404. The third-order valence-corrected chi connectivity index (χ3v) is 6.30. The molecule has 0 atom stereocenters. The highest BCUT2D eigenvalue weighted by molar-refractivity contribution is 7.92. The minimum absolute atomic E-state index is 0.127. The van der Waals surface area contributed by atoms with Gasteiger partial charge in [-0.25, -0.2) is 8.42 Å². The molecule has 3 aromatic carbocycles. The Morgan fingerprint density at radius 3 is 2.00 bits per heavy atom. The van der Waals surface area contributed by atoms with Crippen molar-refractivity contribution in [1.82, 2.24) is 0 Å². The third-order valence-electron chi connectivity index (χ3n) is 4.90. The van der Waals surface area contributed by atoms with Crippen LogP contribution in [0.1, 0.15) is 5.56 Å². The molecular formula is C25H26N2O7S. The van der Waals surface area contributed by atoms with E-state index in [-0.39, 0.29) is 16.3 Å². The van der Waals surface area contributed by atoms with Gasteiger partial charge in [-0.1, -0.05) is 6.07 Å². The average Bonchev–Trinajstić information content (AvgIpc) is 2.87. The standard InChI is InChI=1S/C25H26N2O7S/c1-31-20-10-7-18(8-11-20)27-35(29,30)24-16-19(9-13-22(24)33-3)26-25(28)14-6-17-5-12-21(32-2)23(15-17)34-4/h5-16,27H,1-4H3,(H,26,28)/b14-6+. The molecule has 1 amide bonds. The van der Waals surface area contributed by atoms with E-state index in [4.69, 9.17) is 18.9 Å². The molecule has 0 fully saturated rings. The number of carbonyl (C=O) groups excluding carboxylic acids is 1. The van der Waals surface area contributed by atoms with E-state index in [1.807, 2.05) is 0 Å². The fourth-order valence-electron chi connectivity index (χ4n) is 3.15. The van der Waals surface area contributed by atoms with Crippen LogP contribution in [-0.2, 0) is 14.8 Å². The van der Waals surface area contributed by atoms with E-state index in [0.29, 0.717) is 22.9 Å². The largest absolute Gasteiger partial charge is 0.497 e. The number of sulfonamides is 1. The van der Waals surface area contributed by atoms with Crippen molar-refractivity contribution in [3.05, 3.63) is 72.3 Å². The van der Waals surface area contributed by atoms with Gasteiger partial charge in [0.15, 0.2) is 11.5 Å². The number of methoxy groups -OCH3 is 4. The summed E-state index contributed by atoms with van der Waals surface area (Å²) in [6, 6.07) is 16.0. The van der Waals surface area contributed by atoms with E-state index in [2.05, 4.69) is 10.0 Å². The van der Waals surface area contributed by atoms with Crippen molar-refractivity contribution < 1.29 is 32.2 Å². The van der Waals surface area contributed by atoms with E-state index >= 15 is 0 Å². The van der Waals surface area contributed by atoms with Crippen LogP contribution in [0.15, 0.2) is 71.6 Å². The first-order valence-electron chi connectivity index (χ1n) is 10.4. The Hall–Kier alpha value is -4.18. The molecule has 35 heavy (non-hydrogen) atoms. The Bertz CT molecular complexity index is 1320. The van der Waals surface area contributed by atoms with Crippen LogP contribution in [0.25, 0.3) is 6.08 Å². The number of rotatable bonds is 10. The summed E-state index contributed by atoms with van der Waals surface area (Å²) in [5, 5.41) is 2.66. The Kier molecular flexibility index (Phi) is 8.21. The number of nitrogens with one attached hydrogen (secondary N) is 2. The first-order valence-corrected chi connectivity index (χ1v) is 11.8. The lowest BCUT2D eigenvalue weighted by molar-refractivity contribution is -0.111. The molecule has 0 saturated heterocycles. The molecule has 0 bridgehead atoms. The summed E-state index contributed by atoms with van der Waals surface area (Å²) < 4.78 is 49.3. The minimum atomic E-state index is -4.01. The van der Waals surface area contributed by atoms with Crippen LogP contribution >= 0.6 is 0 Å². The monoisotopic (exact) mass is 498 g/mol. The molecule has 3 aromatic rings. The summed E-state index contributed by atoms with van der Waals surface area (Å²) in [5.41, 5.74) is 1.35. The van der Waals surface area contributed by atoms with Crippen molar-refractivity contribution in [1.29, 1.82) is 0 Å². The third kappa shape index (κ3) is 6.45. The molecule has 9 nitrogen and oxygen atoms in total. The van der Waals surface area contributed by atoms with Crippen LogP contribution in [0.4, 0.5) is 11.4 Å². The zero-order valence-electron chi connectivity index (χ0n) is 19.7. The van der Waals surface area contributed by atoms with Crippen molar-refractivity contribution in [2.24, 2.45) is 0 Å². The Balaban J connectivity index is 1.78. The molecule has 10 heteroatoms. The lowest BCUT2D eigenvalue weighted by atomic mass is 10.2. The van der Waals surface area contributed by atoms with Crippen LogP contribution in [-0.4, -0.2) is 42.8 Å². The smallest absolute Gasteiger partial charge is 0.265 e. The molecule has 0 aromatic heterocycles. The van der Waals surface area contributed by atoms with Crippen molar-refractivity contribution in [2.45, 2.75) is 4.90 Å². The van der Waals surface area contributed by atoms with E-state index in [1.165, 1.54) is 46.6 Å². The van der Waals surface area contributed by atoms with E-state index in [0.717, 1.165) is 5.56 Å². The molecule has 0 saturated carbocycles. The number of amides is 1. The maximum absolute atomic E-state index is 13.0. The maximum atomic E-state index is 13.0. The highest BCUT2D eigenvalue weighted by Crippen LogP contribution is 2.30. The second-order valence-corrected chi connectivity index (χ2v) is 8.79. The Labute approximate surface area is 204 Å². The lowest BCUT2D eigenvalue weighted by Gasteiger charge is -2.13. The van der Waals surface area contributed by atoms with Crippen LogP contribution in [0.3, 0.4) is 0 Å². The fourth-order valence-corrected chi connectivity index (χ4v) is 4.40. The summed E-state index contributed by atoms with van der Waals surface area (Å²) >= 11 is 0. The van der Waals surface area contributed by atoms with Gasteiger partial charge in [0.05, 0.1) is 28.4 Å². The fraction of sp³-hybridized carbons (Fsp3) is 0.160. The van der Waals surface area contributed by atoms with Crippen molar-refractivity contribution in [2.75, 3.05) is 38.5 Å². The number of hydrogen-bond acceptors (Lipinski definition) is 7. The highest BCUT2D eigenvalue weighted by Gasteiger charge is 2.21. The predicted molar refractivity (Wildman–Crippen MR) is 134 cm³/mol. The number of anilines is 2. The second kappa shape index (κ2) is 11.3. The van der Waals surface area contributed by atoms with Crippen LogP contribution in [0, 0.1) is 0 Å². The molecule has 0 unspecified atom stereocenters. The number of benzene rings is 3. The topological polar surface area (TPSA) is 112 Å². The molecule has 0 heterocycles. The molecule has 0 aliphatic rings. The molecule has 0 aliphatic carbocycles. The van der Waals surface area contributed by atoms with Gasteiger partial charge in [0.2, 0.25) is 5.91 Å². The normalized spacial score (nSPS) is 11.1. The van der Waals surface area contributed by atoms with Gasteiger partial charge in [0, 0.05) is 17.5 Å². The zero-order chi connectivity index (χ0) is 25.4. The number of ether oxygens (including phenoxy) is 4. The zero-order valence-corrected chi connectivity index (χ0v) is 20.5. The molecule has 0 radical (unpaired) electrons. The maximum Gasteiger partial charge on any atom is 0.265 e. The van der Waals surface area contributed by atoms with Crippen molar-refractivity contribution in [3.8, 4) is 23.0 Å². The van der Waals surface area contributed by atoms with Crippen LogP contribution in [0.2, 0.25) is 0 Å². The molecule has 184 valence electrons. The van der Waals surface area contributed by atoms with E-state index in [9.17, 15) is 13.2 Å². The second-order valence-electron chi connectivity index (χ2n) is 7.14. The first kappa shape index (κ1) is 25.4. The summed E-state index contributed by atoms with van der Waals surface area (Å²) in [7, 11) is 1.94. The predicted octanol–water partition coefficient (Wildman–Crippen LogP) is 4.17. The molecule has 0 spiro atoms. The molecule has 3 rings (SSSR count). The Morgan fingerprint density at radius 1 is 0.743 bits per heavy atom. The van der Waals surface area contributed by atoms with Gasteiger partial charge in [-0.3, -0.25) is 9.52 Å². The van der Waals surface area contributed by atoms with E-state index < -0.39 is 15.9 Å². The SMILES string of the molecule is COc1ccc(NS(=O)(=O)c2cc(NC(=O)/C=C/c3ccc(OC)c(OC)c3)ccc2OC)cc1. The molecular weight excluding hydrogens is 472 g/mol. The van der Waals surface area contributed by atoms with Gasteiger partial charge >= 0.3 is 0 Å². The summed E-state index contributed by atoms with van der Waals surface area (Å²) in [6.07, 6.45) is 2.93. The van der Waals surface area contributed by atoms with Gasteiger partial charge < -0.3 is 24.3 Å². The average molecular weight is 499 g/mol. The highest BCUT2D eigenvalue weighted by atomic mass is 32.2. The molecule has 0 aliphatic heterocycles. The lowest BCUT2D eigenvalue weighted by Crippen LogP contribution is -2.15. The number of hydrogen-bond donors (Lipinski definition) is 2. The van der Waals surface area contributed by atoms with E-state index in [1.54, 1.807) is 54.6 Å². The molecule has 2 N–H and O–H groups in total. The van der Waals surface area contributed by atoms with Crippen LogP contribution < -0.4 is 29.0 Å². The summed E-state index contributed by atoms with van der Waals surface area (Å²) in [4.78, 5) is 12.3. The van der Waals surface area contributed by atoms with Gasteiger partial charge in [-0.05, 0) is 66.2 Å². The summed E-state index contributed by atoms with van der Waals surface area (Å²) in [6.45, 7) is 0. The van der Waals surface area contributed by atoms with Gasteiger partial charge in [-0.2, -0.15) is 0 Å². The van der Waals surface area contributed by atoms with Gasteiger partial charge in [0.25, 0.3) is 10.0 Å². The Morgan fingerprint density at radius 2 is 1.37 bits per heavy atom. The summed E-state index contributed by atoms with van der Waals surface area (Å²) in [5.74, 6) is 1.38. The van der Waals surface area contributed by atoms with Gasteiger partial charge in [0.1, 0.15) is 16.4 Å². The minimum Gasteiger partial charge on any atom is -0.497 e. The van der Waals surface area contributed by atoms with Crippen LogP contribution in [0.5, 0.6) is 23.0 Å².